The van der Waals surface area contributed by atoms with Crippen molar-refractivity contribution in [1.29, 1.82) is 0 Å². The lowest BCUT2D eigenvalue weighted by atomic mass is 10.2. The van der Waals surface area contributed by atoms with Crippen molar-refractivity contribution < 1.29 is 15.0 Å². The molecule has 0 aliphatic carbocycles. The Labute approximate surface area is 84.6 Å². The van der Waals surface area contributed by atoms with E-state index < -0.39 is 5.97 Å². The van der Waals surface area contributed by atoms with E-state index in [0.717, 1.165) is 31.4 Å². The van der Waals surface area contributed by atoms with Crippen LogP contribution in [0.5, 0.6) is 0 Å². The van der Waals surface area contributed by atoms with E-state index in [1.54, 1.807) is 6.92 Å². The molecule has 4 heteroatoms. The molecule has 4 nitrogen and oxygen atoms in total. The quantitative estimate of drug-likeness (QED) is 0.401. The predicted molar refractivity (Wildman–Crippen MR) is 55.2 cm³/mol. The monoisotopic (exact) mass is 201 g/mol. The third-order valence-electron chi connectivity index (χ3n) is 1.79. The molecule has 0 aromatic heterocycles. The fourth-order valence-electron chi connectivity index (χ4n) is 1.09. The number of carbonyl (C=O) groups is 1. The van der Waals surface area contributed by atoms with Gasteiger partial charge in [0.15, 0.2) is 0 Å². The molecule has 82 valence electrons. The molecular formula is C10H19NO3. The van der Waals surface area contributed by atoms with Gasteiger partial charge in [0.1, 0.15) is 0 Å². The van der Waals surface area contributed by atoms with Crippen LogP contribution in [0, 0.1) is 0 Å². The van der Waals surface area contributed by atoms with Gasteiger partial charge in [-0.2, -0.15) is 0 Å². The summed E-state index contributed by atoms with van der Waals surface area (Å²) < 4.78 is 0. The van der Waals surface area contributed by atoms with Crippen LogP contribution >= 0.6 is 0 Å². The molecule has 0 aromatic rings. The Hall–Kier alpha value is -0.870. The summed E-state index contributed by atoms with van der Waals surface area (Å²) in [5, 5.41) is 20.1. The number of aliphatic hydroxyl groups is 1. The Morgan fingerprint density at radius 1 is 1.36 bits per heavy atom. The highest BCUT2D eigenvalue weighted by Crippen LogP contribution is 1.93. The Kier molecular flexibility index (Phi) is 8.17. The van der Waals surface area contributed by atoms with Crippen LogP contribution in [0.4, 0.5) is 0 Å². The molecule has 0 fully saturated rings. The fourth-order valence-corrected chi connectivity index (χ4v) is 1.09. The van der Waals surface area contributed by atoms with Crippen molar-refractivity contribution in [2.24, 2.45) is 0 Å². The zero-order valence-corrected chi connectivity index (χ0v) is 8.62. The highest BCUT2D eigenvalue weighted by Gasteiger charge is 1.94. The molecule has 0 spiro atoms. The van der Waals surface area contributed by atoms with Crippen LogP contribution in [-0.4, -0.2) is 35.9 Å². The highest BCUT2D eigenvalue weighted by atomic mass is 16.4. The van der Waals surface area contributed by atoms with Crippen molar-refractivity contribution in [1.82, 2.24) is 5.32 Å². The lowest BCUT2D eigenvalue weighted by Crippen LogP contribution is -2.18. The third kappa shape index (κ3) is 9.22. The number of carboxylic acid groups (broad SMARTS) is 1. The van der Waals surface area contributed by atoms with Crippen molar-refractivity contribution >= 4 is 5.97 Å². The Bertz CT molecular complexity index is 190. The summed E-state index contributed by atoms with van der Waals surface area (Å²) in [6.07, 6.45) is 4.07. The molecule has 0 rings (SSSR count). The largest absolute Gasteiger partial charge is 0.478 e. The van der Waals surface area contributed by atoms with E-state index in [1.165, 1.54) is 6.08 Å². The van der Waals surface area contributed by atoms with E-state index in [1.807, 2.05) is 0 Å². The number of carboxylic acids is 1. The van der Waals surface area contributed by atoms with Gasteiger partial charge in [-0.05, 0) is 32.7 Å². The molecule has 0 aromatic carbocycles. The molecule has 0 unspecified atom stereocenters. The smallest absolute Gasteiger partial charge is 0.328 e. The van der Waals surface area contributed by atoms with Crippen LogP contribution in [0.1, 0.15) is 26.2 Å². The minimum atomic E-state index is -0.899. The van der Waals surface area contributed by atoms with Gasteiger partial charge in [-0.25, -0.2) is 4.79 Å². The number of hydrogen-bond donors (Lipinski definition) is 3. The van der Waals surface area contributed by atoms with Crippen LogP contribution < -0.4 is 5.32 Å². The van der Waals surface area contributed by atoms with Crippen LogP contribution in [-0.2, 0) is 4.79 Å². The zero-order valence-electron chi connectivity index (χ0n) is 8.62. The second-order valence-corrected chi connectivity index (χ2v) is 3.29. The van der Waals surface area contributed by atoms with Gasteiger partial charge in [0, 0.05) is 19.2 Å². The van der Waals surface area contributed by atoms with E-state index >= 15 is 0 Å². The lowest BCUT2D eigenvalue weighted by Gasteiger charge is -2.03. The van der Waals surface area contributed by atoms with Crippen LogP contribution in [0.15, 0.2) is 11.6 Å². The number of hydrogen-bond acceptors (Lipinski definition) is 3. The number of unbranched alkanes of at least 4 members (excludes halogenated alkanes) is 2. The average Bonchev–Trinajstić information content (AvgIpc) is 2.10. The maximum atomic E-state index is 10.3. The van der Waals surface area contributed by atoms with E-state index in [4.69, 9.17) is 10.2 Å². The molecule has 0 saturated heterocycles. The predicted octanol–water partition coefficient (Wildman–Crippen LogP) is 0.769. The summed E-state index contributed by atoms with van der Waals surface area (Å²) >= 11 is 0. The minimum Gasteiger partial charge on any atom is -0.478 e. The Morgan fingerprint density at radius 3 is 2.64 bits per heavy atom. The van der Waals surface area contributed by atoms with Crippen molar-refractivity contribution in [3.05, 3.63) is 11.6 Å². The van der Waals surface area contributed by atoms with E-state index in [-0.39, 0.29) is 6.61 Å². The summed E-state index contributed by atoms with van der Waals surface area (Å²) in [5.41, 5.74) is 0.819. The first-order valence-corrected chi connectivity index (χ1v) is 4.88. The third-order valence-corrected chi connectivity index (χ3v) is 1.79. The van der Waals surface area contributed by atoms with Crippen molar-refractivity contribution in [3.63, 3.8) is 0 Å². The van der Waals surface area contributed by atoms with Crippen LogP contribution in [0.25, 0.3) is 0 Å². The molecule has 0 saturated carbocycles. The van der Waals surface area contributed by atoms with Crippen molar-refractivity contribution in [2.75, 3.05) is 19.7 Å². The van der Waals surface area contributed by atoms with Gasteiger partial charge < -0.3 is 15.5 Å². The molecule has 0 amide bonds. The Morgan fingerprint density at radius 2 is 2.07 bits per heavy atom. The molecule has 0 bridgehead atoms. The second kappa shape index (κ2) is 8.72. The summed E-state index contributed by atoms with van der Waals surface area (Å²) in [5.74, 6) is -0.899. The van der Waals surface area contributed by atoms with E-state index in [2.05, 4.69) is 5.32 Å². The number of aliphatic carboxylic acids is 1. The van der Waals surface area contributed by atoms with Gasteiger partial charge in [0.2, 0.25) is 0 Å². The van der Waals surface area contributed by atoms with Crippen LogP contribution in [0.3, 0.4) is 0 Å². The first-order valence-electron chi connectivity index (χ1n) is 4.88. The molecule has 0 aliphatic heterocycles. The van der Waals surface area contributed by atoms with Gasteiger partial charge >= 0.3 is 5.97 Å². The summed E-state index contributed by atoms with van der Waals surface area (Å²) in [6, 6.07) is 0. The molecular weight excluding hydrogens is 182 g/mol. The summed E-state index contributed by atoms with van der Waals surface area (Å²) in [7, 11) is 0. The topological polar surface area (TPSA) is 69.6 Å². The molecule has 14 heavy (non-hydrogen) atoms. The average molecular weight is 201 g/mol. The zero-order chi connectivity index (χ0) is 10.8. The maximum Gasteiger partial charge on any atom is 0.328 e. The second-order valence-electron chi connectivity index (χ2n) is 3.29. The highest BCUT2D eigenvalue weighted by molar-refractivity contribution is 5.80. The van der Waals surface area contributed by atoms with E-state index in [0.29, 0.717) is 6.54 Å². The minimum absolute atomic E-state index is 0.248. The molecule has 3 N–H and O–H groups in total. The number of nitrogens with one attached hydrogen (secondary N) is 1. The molecule has 0 aliphatic rings. The van der Waals surface area contributed by atoms with Gasteiger partial charge in [0.25, 0.3) is 0 Å². The van der Waals surface area contributed by atoms with Gasteiger partial charge in [0.05, 0.1) is 0 Å². The fraction of sp³-hybridized carbons (Fsp3) is 0.700. The summed E-state index contributed by atoms with van der Waals surface area (Å²) in [6.45, 7) is 3.52. The van der Waals surface area contributed by atoms with Gasteiger partial charge in [-0.3, -0.25) is 0 Å². The summed E-state index contributed by atoms with van der Waals surface area (Å²) in [4.78, 5) is 10.3. The molecule has 0 heterocycles. The van der Waals surface area contributed by atoms with Gasteiger partial charge in [-0.15, -0.1) is 0 Å². The number of rotatable bonds is 8. The number of aliphatic hydroxyl groups excluding tert-OH is 1. The maximum absolute atomic E-state index is 10.3. The van der Waals surface area contributed by atoms with Crippen molar-refractivity contribution in [2.45, 2.75) is 26.2 Å². The normalized spacial score (nSPS) is 11.7. The Balaban J connectivity index is 3.31. The first-order chi connectivity index (χ1) is 6.66. The first kappa shape index (κ1) is 13.1. The van der Waals surface area contributed by atoms with Crippen LogP contribution in [0.2, 0.25) is 0 Å². The van der Waals surface area contributed by atoms with Crippen molar-refractivity contribution in [3.8, 4) is 0 Å². The van der Waals surface area contributed by atoms with Gasteiger partial charge in [-0.1, -0.05) is 5.57 Å². The molecule has 0 radical (unpaired) electrons. The SMILES string of the molecule is CC(=CC(=O)O)CNCCCCCO. The molecule has 0 atom stereocenters. The lowest BCUT2D eigenvalue weighted by molar-refractivity contribution is -0.131. The van der Waals surface area contributed by atoms with E-state index in [9.17, 15) is 4.79 Å². The standard InChI is InChI=1S/C10H19NO3/c1-9(7-10(13)14)8-11-5-3-2-4-6-12/h7,11-12H,2-6,8H2,1H3,(H,13,14).